The second-order valence-electron chi connectivity index (χ2n) is 2.29. The quantitative estimate of drug-likeness (QED) is 0.674. The lowest BCUT2D eigenvalue weighted by Gasteiger charge is -1.95. The number of carbonyl (C=O) groups excluding carboxylic acids is 1. The van der Waals surface area contributed by atoms with Gasteiger partial charge in [-0.05, 0) is 0 Å². The maximum absolute atomic E-state index is 10.9. The number of rotatable bonds is 3. The highest BCUT2D eigenvalue weighted by atomic mass is 16.2. The molecule has 1 aromatic rings. The zero-order valence-electron chi connectivity index (χ0n) is 6.33. The van der Waals surface area contributed by atoms with Crippen LogP contribution in [-0.4, -0.2) is 15.3 Å². The number of nitrogens with zero attached hydrogens (tertiary/aromatic N) is 1. The highest BCUT2D eigenvalue weighted by Gasteiger charge is 2.00. The van der Waals surface area contributed by atoms with E-state index in [-0.39, 0.29) is 18.0 Å². The van der Waals surface area contributed by atoms with Gasteiger partial charge < -0.3 is 4.98 Å². The Labute approximate surface area is 63.9 Å². The third kappa shape index (κ3) is 1.80. The topological polar surface area (TPSA) is 54.9 Å². The molecule has 4 nitrogen and oxygen atoms in total. The first-order valence-electron chi connectivity index (χ1n) is 3.49. The van der Waals surface area contributed by atoms with Crippen molar-refractivity contribution in [2.45, 2.75) is 19.9 Å². The molecule has 0 aliphatic heterocycles. The lowest BCUT2D eigenvalue weighted by Crippen LogP contribution is -2.20. The first kappa shape index (κ1) is 7.78. The van der Waals surface area contributed by atoms with Crippen LogP contribution in [0, 0.1) is 0 Å². The van der Waals surface area contributed by atoms with Crippen molar-refractivity contribution in [2.24, 2.45) is 0 Å². The van der Waals surface area contributed by atoms with Gasteiger partial charge in [0.15, 0.2) is 5.78 Å². The second-order valence-corrected chi connectivity index (χ2v) is 2.29. The summed E-state index contributed by atoms with van der Waals surface area (Å²) in [5, 5.41) is 0. The molecule has 1 aromatic heterocycles. The molecule has 0 spiro atoms. The monoisotopic (exact) mass is 154 g/mol. The van der Waals surface area contributed by atoms with Crippen LogP contribution in [0.15, 0.2) is 17.2 Å². The first-order chi connectivity index (χ1) is 5.24. The highest BCUT2D eigenvalue weighted by Crippen LogP contribution is 1.85. The van der Waals surface area contributed by atoms with E-state index in [4.69, 9.17) is 0 Å². The number of H-pyrrole nitrogens is 1. The molecule has 0 radical (unpaired) electrons. The normalized spacial score (nSPS) is 9.91. The summed E-state index contributed by atoms with van der Waals surface area (Å²) in [7, 11) is 0. The molecule has 1 heterocycles. The number of Topliss-reactive ketones (excluding diaryl/α,β-unsaturated/α-hetero) is 1. The van der Waals surface area contributed by atoms with Crippen LogP contribution in [0.1, 0.15) is 13.3 Å². The minimum absolute atomic E-state index is 0.0618. The van der Waals surface area contributed by atoms with E-state index in [0.29, 0.717) is 6.42 Å². The molecule has 0 aromatic carbocycles. The smallest absolute Gasteiger partial charge is 0.313 e. The summed E-state index contributed by atoms with van der Waals surface area (Å²) in [5.74, 6) is 0.0618. The largest absolute Gasteiger partial charge is 0.325 e. The van der Waals surface area contributed by atoms with Crippen LogP contribution in [-0.2, 0) is 11.3 Å². The third-order valence-corrected chi connectivity index (χ3v) is 1.46. The van der Waals surface area contributed by atoms with Crippen molar-refractivity contribution in [3.8, 4) is 0 Å². The zero-order valence-corrected chi connectivity index (χ0v) is 6.33. The fraction of sp³-hybridized carbons (Fsp3) is 0.429. The van der Waals surface area contributed by atoms with Gasteiger partial charge in [0.25, 0.3) is 0 Å². The third-order valence-electron chi connectivity index (χ3n) is 1.46. The molecule has 0 fully saturated rings. The molecule has 0 amide bonds. The molecule has 11 heavy (non-hydrogen) atoms. The summed E-state index contributed by atoms with van der Waals surface area (Å²) in [5.41, 5.74) is -0.230. The Morgan fingerprint density at radius 2 is 2.45 bits per heavy atom. The van der Waals surface area contributed by atoms with Crippen LogP contribution >= 0.6 is 0 Å². The van der Waals surface area contributed by atoms with Crippen molar-refractivity contribution >= 4 is 5.78 Å². The fourth-order valence-electron chi connectivity index (χ4n) is 0.775. The van der Waals surface area contributed by atoms with Crippen molar-refractivity contribution in [1.29, 1.82) is 0 Å². The van der Waals surface area contributed by atoms with E-state index in [1.165, 1.54) is 10.8 Å². The Hall–Kier alpha value is -1.32. The molecule has 0 atom stereocenters. The van der Waals surface area contributed by atoms with Crippen molar-refractivity contribution < 1.29 is 4.79 Å². The predicted octanol–water partition coefficient (Wildman–Crippen LogP) is 0.156. The number of imidazole rings is 1. The highest BCUT2D eigenvalue weighted by molar-refractivity contribution is 5.77. The molecule has 0 bridgehead atoms. The van der Waals surface area contributed by atoms with E-state index in [2.05, 4.69) is 4.98 Å². The lowest BCUT2D eigenvalue weighted by molar-refractivity contribution is -0.119. The maximum atomic E-state index is 10.9. The molecule has 0 unspecified atom stereocenters. The van der Waals surface area contributed by atoms with Crippen molar-refractivity contribution in [3.05, 3.63) is 22.9 Å². The van der Waals surface area contributed by atoms with Crippen molar-refractivity contribution in [3.63, 3.8) is 0 Å². The van der Waals surface area contributed by atoms with Gasteiger partial charge in [-0.1, -0.05) is 6.92 Å². The van der Waals surface area contributed by atoms with Crippen LogP contribution in [0.5, 0.6) is 0 Å². The number of ketones is 1. The van der Waals surface area contributed by atoms with Gasteiger partial charge in [-0.2, -0.15) is 0 Å². The molecule has 0 saturated heterocycles. The summed E-state index contributed by atoms with van der Waals surface area (Å²) in [6.45, 7) is 1.96. The average Bonchev–Trinajstić information content (AvgIpc) is 2.37. The Kier molecular flexibility index (Phi) is 2.25. The number of carbonyl (C=O) groups is 1. The van der Waals surface area contributed by atoms with Gasteiger partial charge in [0.2, 0.25) is 0 Å². The van der Waals surface area contributed by atoms with Crippen LogP contribution < -0.4 is 5.69 Å². The minimum Gasteiger partial charge on any atom is -0.313 e. The zero-order chi connectivity index (χ0) is 8.27. The number of hydrogen-bond donors (Lipinski definition) is 1. The first-order valence-corrected chi connectivity index (χ1v) is 3.49. The number of aromatic nitrogens is 2. The van der Waals surface area contributed by atoms with Crippen LogP contribution in [0.2, 0.25) is 0 Å². The summed E-state index contributed by atoms with van der Waals surface area (Å²) in [4.78, 5) is 24.1. The SMILES string of the molecule is CCC(=O)Cn1cc[nH]c1=O. The number of hydrogen-bond acceptors (Lipinski definition) is 2. The summed E-state index contributed by atoms with van der Waals surface area (Å²) < 4.78 is 1.35. The molecular weight excluding hydrogens is 144 g/mol. The summed E-state index contributed by atoms with van der Waals surface area (Å²) >= 11 is 0. The molecular formula is C7H10N2O2. The van der Waals surface area contributed by atoms with Gasteiger partial charge in [-0.3, -0.25) is 9.36 Å². The average molecular weight is 154 g/mol. The molecule has 0 aliphatic carbocycles. The van der Waals surface area contributed by atoms with Gasteiger partial charge in [0.1, 0.15) is 0 Å². The Balaban J connectivity index is 2.72. The van der Waals surface area contributed by atoms with Gasteiger partial charge in [-0.15, -0.1) is 0 Å². The second kappa shape index (κ2) is 3.18. The van der Waals surface area contributed by atoms with Crippen molar-refractivity contribution in [2.75, 3.05) is 0 Å². The standard InChI is InChI=1S/C7H10N2O2/c1-2-6(10)5-9-4-3-8-7(9)11/h3-4H,2,5H2,1H3,(H,8,11). The molecule has 0 saturated carbocycles. The van der Waals surface area contributed by atoms with Gasteiger partial charge >= 0.3 is 5.69 Å². The van der Waals surface area contributed by atoms with Crippen molar-refractivity contribution in [1.82, 2.24) is 9.55 Å². The van der Waals surface area contributed by atoms with Gasteiger partial charge in [0.05, 0.1) is 6.54 Å². The van der Waals surface area contributed by atoms with Crippen LogP contribution in [0.25, 0.3) is 0 Å². The molecule has 60 valence electrons. The van der Waals surface area contributed by atoms with Crippen LogP contribution in [0.3, 0.4) is 0 Å². The molecule has 4 heteroatoms. The Morgan fingerprint density at radius 1 is 1.73 bits per heavy atom. The lowest BCUT2D eigenvalue weighted by atomic mass is 10.3. The number of nitrogens with one attached hydrogen (secondary N) is 1. The fourth-order valence-corrected chi connectivity index (χ4v) is 0.775. The van der Waals surface area contributed by atoms with E-state index in [0.717, 1.165) is 0 Å². The summed E-state index contributed by atoms with van der Waals surface area (Å²) in [6.07, 6.45) is 3.55. The Bertz CT molecular complexity index is 297. The minimum atomic E-state index is -0.230. The van der Waals surface area contributed by atoms with E-state index >= 15 is 0 Å². The molecule has 0 aliphatic rings. The predicted molar refractivity (Wildman–Crippen MR) is 40.4 cm³/mol. The summed E-state index contributed by atoms with van der Waals surface area (Å²) in [6, 6.07) is 0. The Morgan fingerprint density at radius 3 is 2.91 bits per heavy atom. The van der Waals surface area contributed by atoms with Gasteiger partial charge in [-0.25, -0.2) is 4.79 Å². The van der Waals surface area contributed by atoms with E-state index in [9.17, 15) is 9.59 Å². The maximum Gasteiger partial charge on any atom is 0.325 e. The van der Waals surface area contributed by atoms with E-state index in [1.54, 1.807) is 13.1 Å². The molecule has 1 N–H and O–H groups in total. The molecule has 1 rings (SSSR count). The number of aromatic amines is 1. The van der Waals surface area contributed by atoms with Gasteiger partial charge in [0, 0.05) is 18.8 Å². The van der Waals surface area contributed by atoms with E-state index < -0.39 is 0 Å². The van der Waals surface area contributed by atoms with Crippen LogP contribution in [0.4, 0.5) is 0 Å². The van der Waals surface area contributed by atoms with E-state index in [1.807, 2.05) is 0 Å².